The summed E-state index contributed by atoms with van der Waals surface area (Å²) in [5.74, 6) is 1.62. The van der Waals surface area contributed by atoms with Gasteiger partial charge in [-0.05, 0) is 18.2 Å². The number of anilines is 1. The summed E-state index contributed by atoms with van der Waals surface area (Å²) in [4.78, 5) is 21.1. The normalized spacial score (nSPS) is 15.9. The number of pyridine rings is 1. The highest BCUT2D eigenvalue weighted by atomic mass is 16.5. The Balaban J connectivity index is 1.85. The van der Waals surface area contributed by atoms with E-state index in [0.29, 0.717) is 23.7 Å². The number of imidazole rings is 1. The molecular weight excluding hydrogens is 332 g/mol. The Labute approximate surface area is 150 Å². The van der Waals surface area contributed by atoms with Crippen LogP contribution >= 0.6 is 0 Å². The Morgan fingerprint density at radius 1 is 1.19 bits per heavy atom. The molecule has 0 fully saturated rings. The fourth-order valence-corrected chi connectivity index (χ4v) is 3.34. The lowest BCUT2D eigenvalue weighted by atomic mass is 9.89. The van der Waals surface area contributed by atoms with Gasteiger partial charge in [-0.3, -0.25) is 14.3 Å². The predicted octanol–water partition coefficient (Wildman–Crippen LogP) is 2.76. The van der Waals surface area contributed by atoms with Crippen LogP contribution in [0.25, 0.3) is 5.69 Å². The molecule has 1 atom stereocenters. The first-order chi connectivity index (χ1) is 12.7. The van der Waals surface area contributed by atoms with Crippen LogP contribution in [0, 0.1) is 0 Å². The van der Waals surface area contributed by atoms with E-state index in [0.717, 1.165) is 16.9 Å². The van der Waals surface area contributed by atoms with Crippen LogP contribution in [0.3, 0.4) is 0 Å². The van der Waals surface area contributed by atoms with E-state index >= 15 is 0 Å². The van der Waals surface area contributed by atoms with Gasteiger partial charge in [-0.1, -0.05) is 12.1 Å². The van der Waals surface area contributed by atoms with Crippen LogP contribution in [0.15, 0.2) is 49.1 Å². The second-order valence-corrected chi connectivity index (χ2v) is 5.95. The van der Waals surface area contributed by atoms with Crippen molar-refractivity contribution in [2.45, 2.75) is 12.3 Å². The average Bonchev–Trinajstić information content (AvgIpc) is 3.11. The first-order valence-corrected chi connectivity index (χ1v) is 8.21. The molecule has 132 valence electrons. The Bertz CT molecular complexity index is 953. The zero-order valence-electron chi connectivity index (χ0n) is 14.5. The molecule has 7 nitrogen and oxygen atoms in total. The van der Waals surface area contributed by atoms with Gasteiger partial charge in [0.1, 0.15) is 12.1 Å². The van der Waals surface area contributed by atoms with Gasteiger partial charge < -0.3 is 14.8 Å². The minimum atomic E-state index is -0.221. The number of hydrogen-bond donors (Lipinski definition) is 1. The van der Waals surface area contributed by atoms with Crippen molar-refractivity contribution in [3.8, 4) is 17.2 Å². The molecule has 0 unspecified atom stereocenters. The lowest BCUT2D eigenvalue weighted by Gasteiger charge is -2.25. The summed E-state index contributed by atoms with van der Waals surface area (Å²) in [6, 6.07) is 9.42. The highest BCUT2D eigenvalue weighted by molar-refractivity contribution is 5.94. The van der Waals surface area contributed by atoms with E-state index in [1.54, 1.807) is 32.9 Å². The van der Waals surface area contributed by atoms with E-state index in [4.69, 9.17) is 9.47 Å². The largest absolute Gasteiger partial charge is 0.493 e. The second-order valence-electron chi connectivity index (χ2n) is 5.95. The summed E-state index contributed by atoms with van der Waals surface area (Å²) in [6.45, 7) is 0. The number of fused-ring (bicyclic) bond motifs is 1. The number of nitrogens with one attached hydrogen (secondary N) is 1. The van der Waals surface area contributed by atoms with Gasteiger partial charge in [0.25, 0.3) is 0 Å². The number of benzene rings is 1. The molecule has 1 aromatic carbocycles. The first kappa shape index (κ1) is 16.1. The summed E-state index contributed by atoms with van der Waals surface area (Å²) in [5.41, 5.74) is 2.50. The fraction of sp³-hybridized carbons (Fsp3) is 0.211. The molecule has 0 bridgehead atoms. The summed E-state index contributed by atoms with van der Waals surface area (Å²) >= 11 is 0. The van der Waals surface area contributed by atoms with E-state index in [-0.39, 0.29) is 11.8 Å². The van der Waals surface area contributed by atoms with Crippen LogP contribution in [0.5, 0.6) is 11.5 Å². The molecule has 0 radical (unpaired) electrons. The quantitative estimate of drug-likeness (QED) is 0.783. The SMILES string of the molecule is COc1cccc([C@H]2CC(=O)Nc3c2ncn3-c2cccnc2)c1OC. The summed E-state index contributed by atoms with van der Waals surface area (Å²) in [5, 5.41) is 2.93. The van der Waals surface area contributed by atoms with Gasteiger partial charge in [-0.15, -0.1) is 0 Å². The van der Waals surface area contributed by atoms with Crippen molar-refractivity contribution in [3.05, 3.63) is 60.3 Å². The molecule has 7 heteroatoms. The van der Waals surface area contributed by atoms with E-state index in [1.165, 1.54) is 0 Å². The Hall–Kier alpha value is -3.35. The third-order valence-electron chi connectivity index (χ3n) is 4.51. The number of nitrogens with zero attached hydrogens (tertiary/aromatic N) is 3. The van der Waals surface area contributed by atoms with Gasteiger partial charge in [-0.25, -0.2) is 4.98 Å². The van der Waals surface area contributed by atoms with E-state index in [1.807, 2.05) is 34.9 Å². The Morgan fingerprint density at radius 3 is 2.81 bits per heavy atom. The molecule has 2 aromatic heterocycles. The number of hydrogen-bond acceptors (Lipinski definition) is 5. The molecule has 1 aliphatic rings. The van der Waals surface area contributed by atoms with Crippen molar-refractivity contribution in [3.63, 3.8) is 0 Å². The molecule has 1 aliphatic heterocycles. The molecule has 0 spiro atoms. The van der Waals surface area contributed by atoms with Gasteiger partial charge >= 0.3 is 0 Å². The number of para-hydroxylation sites is 1. The van der Waals surface area contributed by atoms with E-state index in [9.17, 15) is 4.79 Å². The Morgan fingerprint density at radius 2 is 2.08 bits per heavy atom. The van der Waals surface area contributed by atoms with Gasteiger partial charge in [0.2, 0.25) is 5.91 Å². The number of carbonyl (C=O) groups is 1. The van der Waals surface area contributed by atoms with Crippen molar-refractivity contribution < 1.29 is 14.3 Å². The van der Waals surface area contributed by atoms with Crippen molar-refractivity contribution >= 4 is 11.7 Å². The average molecular weight is 350 g/mol. The summed E-state index contributed by atoms with van der Waals surface area (Å²) in [7, 11) is 3.19. The number of amides is 1. The predicted molar refractivity (Wildman–Crippen MR) is 96.0 cm³/mol. The maximum atomic E-state index is 12.4. The minimum Gasteiger partial charge on any atom is -0.493 e. The van der Waals surface area contributed by atoms with Gasteiger partial charge in [0, 0.05) is 24.1 Å². The maximum Gasteiger partial charge on any atom is 0.226 e. The van der Waals surface area contributed by atoms with Crippen molar-refractivity contribution in [2.24, 2.45) is 0 Å². The second kappa shape index (κ2) is 6.51. The first-order valence-electron chi connectivity index (χ1n) is 8.21. The molecule has 1 amide bonds. The summed E-state index contributed by atoms with van der Waals surface area (Å²) in [6.07, 6.45) is 5.42. The van der Waals surface area contributed by atoms with Crippen molar-refractivity contribution in [1.82, 2.24) is 14.5 Å². The highest BCUT2D eigenvalue weighted by Crippen LogP contribution is 2.43. The smallest absolute Gasteiger partial charge is 0.226 e. The number of rotatable bonds is 4. The van der Waals surface area contributed by atoms with Crippen molar-refractivity contribution in [2.75, 3.05) is 19.5 Å². The third kappa shape index (κ3) is 2.57. The van der Waals surface area contributed by atoms with Crippen LogP contribution in [-0.2, 0) is 4.79 Å². The van der Waals surface area contributed by atoms with Crippen LogP contribution in [0.1, 0.15) is 23.6 Å². The number of aromatic nitrogens is 3. The van der Waals surface area contributed by atoms with Crippen LogP contribution in [-0.4, -0.2) is 34.7 Å². The Kier molecular flexibility index (Phi) is 4.04. The molecule has 3 heterocycles. The topological polar surface area (TPSA) is 78.3 Å². The lowest BCUT2D eigenvalue weighted by Crippen LogP contribution is -2.25. The zero-order chi connectivity index (χ0) is 18.1. The molecule has 1 N–H and O–H groups in total. The highest BCUT2D eigenvalue weighted by Gasteiger charge is 2.33. The third-order valence-corrected chi connectivity index (χ3v) is 4.51. The van der Waals surface area contributed by atoms with E-state index < -0.39 is 0 Å². The van der Waals surface area contributed by atoms with Gasteiger partial charge in [0.05, 0.1) is 31.8 Å². The van der Waals surface area contributed by atoms with E-state index in [2.05, 4.69) is 15.3 Å². The molecular formula is C19H18N4O3. The zero-order valence-corrected chi connectivity index (χ0v) is 14.5. The number of ether oxygens (including phenoxy) is 2. The molecule has 0 aliphatic carbocycles. The van der Waals surface area contributed by atoms with Gasteiger partial charge in [0.15, 0.2) is 11.5 Å². The van der Waals surface area contributed by atoms with Crippen LogP contribution < -0.4 is 14.8 Å². The monoisotopic (exact) mass is 350 g/mol. The lowest BCUT2D eigenvalue weighted by molar-refractivity contribution is -0.116. The molecule has 26 heavy (non-hydrogen) atoms. The standard InChI is InChI=1S/C19H18N4O3/c1-25-15-7-3-6-13(18(15)26-2)14-9-16(24)22-19-17(14)21-11-23(19)12-5-4-8-20-10-12/h3-8,10-11,14H,9H2,1-2H3,(H,22,24)/t14-/m1/s1. The molecule has 0 saturated heterocycles. The van der Waals surface area contributed by atoms with Gasteiger partial charge in [-0.2, -0.15) is 0 Å². The number of carbonyl (C=O) groups excluding carboxylic acids is 1. The summed E-state index contributed by atoms with van der Waals surface area (Å²) < 4.78 is 12.8. The molecule has 4 rings (SSSR count). The van der Waals surface area contributed by atoms with Crippen molar-refractivity contribution in [1.29, 1.82) is 0 Å². The minimum absolute atomic E-state index is 0.0713. The van der Waals surface area contributed by atoms with Crippen LogP contribution in [0.2, 0.25) is 0 Å². The molecule has 3 aromatic rings. The fourth-order valence-electron chi connectivity index (χ4n) is 3.34. The molecule has 0 saturated carbocycles. The maximum absolute atomic E-state index is 12.4. The number of methoxy groups -OCH3 is 2. The van der Waals surface area contributed by atoms with Crippen LogP contribution in [0.4, 0.5) is 5.82 Å².